The molecule has 0 atom stereocenters. The maximum Gasteiger partial charge on any atom is 0.305 e. The summed E-state index contributed by atoms with van der Waals surface area (Å²) in [5.41, 5.74) is 0. The van der Waals surface area contributed by atoms with Crippen molar-refractivity contribution in [1.29, 1.82) is 0 Å². The molecule has 1 aliphatic heterocycles. The quantitative estimate of drug-likeness (QED) is 0.378. The standard InChI is InChI=1S/C11H15NO4/c1-16-11(15)5-3-2-4-8-12-9(13)6-7-10(12)14/h6-7H,2-5,8H2,1H3. The monoisotopic (exact) mass is 225 g/mol. The van der Waals surface area contributed by atoms with E-state index in [2.05, 4.69) is 4.74 Å². The molecule has 0 saturated carbocycles. The fraction of sp³-hybridized carbons (Fsp3) is 0.545. The molecule has 0 bridgehead atoms. The molecule has 0 N–H and O–H groups in total. The summed E-state index contributed by atoms with van der Waals surface area (Å²) in [6, 6.07) is 0. The normalized spacial score (nSPS) is 14.7. The Labute approximate surface area is 94.1 Å². The average molecular weight is 225 g/mol. The first-order chi connectivity index (χ1) is 7.65. The molecule has 0 unspecified atom stereocenters. The zero-order chi connectivity index (χ0) is 12.0. The van der Waals surface area contributed by atoms with Gasteiger partial charge < -0.3 is 4.74 Å². The third-order valence-corrected chi connectivity index (χ3v) is 2.39. The van der Waals surface area contributed by atoms with Crippen LogP contribution in [0.2, 0.25) is 0 Å². The van der Waals surface area contributed by atoms with E-state index in [1.807, 2.05) is 0 Å². The van der Waals surface area contributed by atoms with Crippen LogP contribution >= 0.6 is 0 Å². The second-order valence-corrected chi connectivity index (χ2v) is 3.55. The lowest BCUT2D eigenvalue weighted by Crippen LogP contribution is -2.30. The Balaban J connectivity index is 2.10. The number of hydrogen-bond donors (Lipinski definition) is 0. The van der Waals surface area contributed by atoms with Gasteiger partial charge in [0, 0.05) is 25.1 Å². The van der Waals surface area contributed by atoms with Gasteiger partial charge in [-0.15, -0.1) is 0 Å². The first-order valence-corrected chi connectivity index (χ1v) is 5.25. The minimum atomic E-state index is -0.252. The highest BCUT2D eigenvalue weighted by Gasteiger charge is 2.22. The van der Waals surface area contributed by atoms with Gasteiger partial charge in [-0.1, -0.05) is 6.42 Å². The molecule has 1 aliphatic rings. The van der Waals surface area contributed by atoms with Gasteiger partial charge in [0.15, 0.2) is 0 Å². The minimum absolute atomic E-state index is 0.227. The fourth-order valence-electron chi connectivity index (χ4n) is 1.47. The van der Waals surface area contributed by atoms with Crippen molar-refractivity contribution in [3.63, 3.8) is 0 Å². The van der Waals surface area contributed by atoms with Gasteiger partial charge >= 0.3 is 5.97 Å². The number of rotatable bonds is 6. The summed E-state index contributed by atoms with van der Waals surface area (Å²) in [4.78, 5) is 34.3. The van der Waals surface area contributed by atoms with Gasteiger partial charge in [-0.05, 0) is 12.8 Å². The average Bonchev–Trinajstić information content (AvgIpc) is 2.59. The molecule has 0 aromatic rings. The van der Waals surface area contributed by atoms with Gasteiger partial charge in [0.05, 0.1) is 7.11 Å². The molecular weight excluding hydrogens is 210 g/mol. The van der Waals surface area contributed by atoms with E-state index in [0.29, 0.717) is 13.0 Å². The molecule has 0 saturated heterocycles. The number of hydrogen-bond acceptors (Lipinski definition) is 4. The third-order valence-electron chi connectivity index (χ3n) is 2.39. The first-order valence-electron chi connectivity index (χ1n) is 5.25. The number of unbranched alkanes of at least 4 members (excludes halogenated alkanes) is 2. The van der Waals surface area contributed by atoms with E-state index in [1.54, 1.807) is 0 Å². The highest BCUT2D eigenvalue weighted by Crippen LogP contribution is 2.07. The summed E-state index contributed by atoms with van der Waals surface area (Å²) >= 11 is 0. The second kappa shape index (κ2) is 6.05. The Hall–Kier alpha value is -1.65. The molecule has 0 aromatic carbocycles. The molecule has 0 fully saturated rings. The Kier molecular flexibility index (Phi) is 4.69. The molecule has 2 amide bonds. The van der Waals surface area contributed by atoms with Crippen molar-refractivity contribution in [2.75, 3.05) is 13.7 Å². The zero-order valence-electron chi connectivity index (χ0n) is 9.27. The molecule has 0 aromatic heterocycles. The summed E-state index contributed by atoms with van der Waals surface area (Å²) < 4.78 is 4.50. The summed E-state index contributed by atoms with van der Waals surface area (Å²) in [6.07, 6.45) is 5.17. The first kappa shape index (κ1) is 12.4. The zero-order valence-corrected chi connectivity index (χ0v) is 9.27. The van der Waals surface area contributed by atoms with E-state index in [9.17, 15) is 14.4 Å². The highest BCUT2D eigenvalue weighted by molar-refractivity contribution is 6.12. The lowest BCUT2D eigenvalue weighted by atomic mass is 10.2. The van der Waals surface area contributed by atoms with Crippen molar-refractivity contribution in [1.82, 2.24) is 4.90 Å². The number of amides is 2. The molecule has 88 valence electrons. The molecule has 1 rings (SSSR count). The number of carbonyl (C=O) groups is 3. The third kappa shape index (κ3) is 3.49. The number of esters is 1. The van der Waals surface area contributed by atoms with Crippen molar-refractivity contribution in [2.45, 2.75) is 25.7 Å². The van der Waals surface area contributed by atoms with Gasteiger partial charge in [-0.25, -0.2) is 0 Å². The predicted octanol–water partition coefficient (Wildman–Crippen LogP) is 0.645. The number of imide groups is 1. The Bertz CT molecular complexity index is 304. The maximum absolute atomic E-state index is 11.1. The maximum atomic E-state index is 11.1. The number of methoxy groups -OCH3 is 1. The molecule has 5 heteroatoms. The van der Waals surface area contributed by atoms with Crippen molar-refractivity contribution in [3.05, 3.63) is 12.2 Å². The smallest absolute Gasteiger partial charge is 0.305 e. The summed E-state index contributed by atoms with van der Waals surface area (Å²) in [5.74, 6) is -0.731. The van der Waals surface area contributed by atoms with Crippen LogP contribution in [0.15, 0.2) is 12.2 Å². The van der Waals surface area contributed by atoms with Gasteiger partial charge in [-0.2, -0.15) is 0 Å². The predicted molar refractivity (Wildman–Crippen MR) is 56.3 cm³/mol. The van der Waals surface area contributed by atoms with Gasteiger partial charge in [0.25, 0.3) is 11.8 Å². The van der Waals surface area contributed by atoms with Crippen molar-refractivity contribution in [2.24, 2.45) is 0 Å². The van der Waals surface area contributed by atoms with Crippen LogP contribution in [-0.2, 0) is 19.1 Å². The topological polar surface area (TPSA) is 63.7 Å². The van der Waals surface area contributed by atoms with E-state index in [1.165, 1.54) is 24.2 Å². The second-order valence-electron chi connectivity index (χ2n) is 3.55. The molecular formula is C11H15NO4. The van der Waals surface area contributed by atoms with Crippen molar-refractivity contribution in [3.8, 4) is 0 Å². The van der Waals surface area contributed by atoms with Crippen LogP contribution < -0.4 is 0 Å². The lowest BCUT2D eigenvalue weighted by molar-refractivity contribution is -0.141. The highest BCUT2D eigenvalue weighted by atomic mass is 16.5. The summed E-state index contributed by atoms with van der Waals surface area (Å²) in [5, 5.41) is 0. The van der Waals surface area contributed by atoms with Crippen LogP contribution in [-0.4, -0.2) is 36.3 Å². The molecule has 5 nitrogen and oxygen atoms in total. The van der Waals surface area contributed by atoms with Crippen LogP contribution in [0.25, 0.3) is 0 Å². The lowest BCUT2D eigenvalue weighted by Gasteiger charge is -2.12. The number of carbonyl (C=O) groups excluding carboxylic acids is 3. The van der Waals surface area contributed by atoms with Crippen LogP contribution in [0, 0.1) is 0 Å². The van der Waals surface area contributed by atoms with E-state index >= 15 is 0 Å². The number of ether oxygens (including phenoxy) is 1. The van der Waals surface area contributed by atoms with Crippen LogP contribution in [0.1, 0.15) is 25.7 Å². The van der Waals surface area contributed by atoms with Crippen molar-refractivity contribution < 1.29 is 19.1 Å². The summed E-state index contributed by atoms with van der Waals surface area (Å²) in [7, 11) is 1.36. The summed E-state index contributed by atoms with van der Waals surface area (Å²) in [6.45, 7) is 0.422. The minimum Gasteiger partial charge on any atom is -0.469 e. The van der Waals surface area contributed by atoms with E-state index in [4.69, 9.17) is 0 Å². The fourth-order valence-corrected chi connectivity index (χ4v) is 1.47. The molecule has 16 heavy (non-hydrogen) atoms. The Morgan fingerprint density at radius 2 is 1.81 bits per heavy atom. The Morgan fingerprint density at radius 3 is 2.38 bits per heavy atom. The molecule has 1 heterocycles. The SMILES string of the molecule is COC(=O)CCCCCN1C(=O)C=CC1=O. The van der Waals surface area contributed by atoms with Crippen LogP contribution in [0.4, 0.5) is 0 Å². The van der Waals surface area contributed by atoms with Gasteiger partial charge in [-0.3, -0.25) is 19.3 Å². The molecule has 0 spiro atoms. The van der Waals surface area contributed by atoms with Crippen molar-refractivity contribution >= 4 is 17.8 Å². The van der Waals surface area contributed by atoms with Gasteiger partial charge in [0.2, 0.25) is 0 Å². The largest absolute Gasteiger partial charge is 0.469 e. The number of nitrogens with zero attached hydrogens (tertiary/aromatic N) is 1. The van der Waals surface area contributed by atoms with Crippen LogP contribution in [0.3, 0.4) is 0 Å². The molecule has 0 aliphatic carbocycles. The Morgan fingerprint density at radius 1 is 1.19 bits per heavy atom. The van der Waals surface area contributed by atoms with E-state index in [0.717, 1.165) is 19.3 Å². The van der Waals surface area contributed by atoms with E-state index < -0.39 is 0 Å². The molecule has 0 radical (unpaired) electrons. The van der Waals surface area contributed by atoms with Crippen LogP contribution in [0.5, 0.6) is 0 Å². The van der Waals surface area contributed by atoms with Gasteiger partial charge in [0.1, 0.15) is 0 Å². The van der Waals surface area contributed by atoms with E-state index in [-0.39, 0.29) is 17.8 Å².